The van der Waals surface area contributed by atoms with Crippen LogP contribution in [0.1, 0.15) is 24.8 Å². The standard InChI is InChI=1S/C25H30FN9O3S/c1-33(2)39(36,37)35(15-17-9-5-6-13-38-17)21-22(27)30-24(31-23(21)28)20-18-10-7-12-29-25(18)34(32-20)14-16-8-3-4-11-19(16)26/h3-4,7-8,10-12,17H,5-6,9,13-15H2,1-2H3,(H4,27,28,30,31). The molecule has 1 fully saturated rings. The molecule has 4 aromatic rings. The zero-order valence-corrected chi connectivity index (χ0v) is 22.5. The van der Waals surface area contributed by atoms with Crippen LogP contribution in [-0.2, 0) is 21.5 Å². The van der Waals surface area contributed by atoms with E-state index in [9.17, 15) is 12.8 Å². The first-order valence-corrected chi connectivity index (χ1v) is 13.9. The number of pyridine rings is 1. The van der Waals surface area contributed by atoms with Gasteiger partial charge in [0.25, 0.3) is 0 Å². The second-order valence-corrected chi connectivity index (χ2v) is 11.5. The van der Waals surface area contributed by atoms with Crippen LogP contribution in [-0.4, -0.2) is 70.8 Å². The maximum Gasteiger partial charge on any atom is 0.303 e. The second-order valence-electron chi connectivity index (χ2n) is 9.45. The van der Waals surface area contributed by atoms with Gasteiger partial charge in [-0.1, -0.05) is 18.2 Å². The lowest BCUT2D eigenvalue weighted by Gasteiger charge is -2.33. The second kappa shape index (κ2) is 10.7. The number of halogens is 1. The Kier molecular flexibility index (Phi) is 7.34. The highest BCUT2D eigenvalue weighted by Crippen LogP contribution is 2.35. The van der Waals surface area contributed by atoms with Gasteiger partial charge in [-0.2, -0.15) is 17.8 Å². The molecule has 0 amide bonds. The number of ether oxygens (including phenoxy) is 1. The van der Waals surface area contributed by atoms with E-state index >= 15 is 0 Å². The van der Waals surface area contributed by atoms with Crippen molar-refractivity contribution in [3.63, 3.8) is 0 Å². The highest BCUT2D eigenvalue weighted by Gasteiger charge is 2.33. The van der Waals surface area contributed by atoms with E-state index in [1.807, 2.05) is 0 Å². The Morgan fingerprint density at radius 3 is 2.51 bits per heavy atom. The van der Waals surface area contributed by atoms with E-state index in [1.54, 1.807) is 41.2 Å². The summed E-state index contributed by atoms with van der Waals surface area (Å²) in [6, 6.07) is 9.93. The highest BCUT2D eigenvalue weighted by molar-refractivity contribution is 7.90. The Hall–Kier alpha value is -3.88. The van der Waals surface area contributed by atoms with Crippen molar-refractivity contribution in [2.24, 2.45) is 0 Å². The number of rotatable bonds is 8. The maximum atomic E-state index is 14.4. The molecule has 5 rings (SSSR count). The van der Waals surface area contributed by atoms with Crippen LogP contribution >= 0.6 is 0 Å². The SMILES string of the molecule is CN(C)S(=O)(=O)N(CC1CCCCO1)c1c(N)nc(-c2nn(Cc3ccccc3F)c3ncccc23)nc1N. The van der Waals surface area contributed by atoms with E-state index in [1.165, 1.54) is 20.2 Å². The molecule has 1 aliphatic rings. The number of hydrogen-bond donors (Lipinski definition) is 2. The zero-order chi connectivity index (χ0) is 27.7. The Balaban J connectivity index is 1.58. The minimum atomic E-state index is -4.00. The molecule has 0 bridgehead atoms. The molecule has 12 nitrogen and oxygen atoms in total. The molecule has 1 unspecified atom stereocenters. The summed E-state index contributed by atoms with van der Waals surface area (Å²) in [5.74, 6) is -0.522. The predicted octanol–water partition coefficient (Wildman–Crippen LogP) is 2.42. The fourth-order valence-electron chi connectivity index (χ4n) is 4.56. The third-order valence-electron chi connectivity index (χ3n) is 6.57. The third-order valence-corrected chi connectivity index (χ3v) is 8.38. The van der Waals surface area contributed by atoms with Gasteiger partial charge in [-0.25, -0.2) is 28.3 Å². The summed E-state index contributed by atoms with van der Waals surface area (Å²) in [6.45, 7) is 0.693. The number of nitrogen functional groups attached to an aromatic ring is 2. The van der Waals surface area contributed by atoms with Crippen molar-refractivity contribution in [3.05, 3.63) is 54.0 Å². The van der Waals surface area contributed by atoms with Crippen LogP contribution in [0.4, 0.5) is 21.7 Å². The number of nitrogens with zero attached hydrogens (tertiary/aromatic N) is 7. The summed E-state index contributed by atoms with van der Waals surface area (Å²) in [5.41, 5.74) is 14.0. The molecule has 1 aromatic carbocycles. The maximum absolute atomic E-state index is 14.4. The van der Waals surface area contributed by atoms with E-state index in [-0.39, 0.29) is 48.2 Å². The van der Waals surface area contributed by atoms with E-state index in [0.29, 0.717) is 35.3 Å². The summed E-state index contributed by atoms with van der Waals surface area (Å²) in [6.07, 6.45) is 3.84. The number of hydrogen-bond acceptors (Lipinski definition) is 9. The number of fused-ring (bicyclic) bond motifs is 1. The lowest BCUT2D eigenvalue weighted by molar-refractivity contribution is 0.0228. The normalized spacial score (nSPS) is 16.2. The molecule has 206 valence electrons. The topological polar surface area (TPSA) is 158 Å². The quantitative estimate of drug-likeness (QED) is 0.333. The molecule has 1 atom stereocenters. The van der Waals surface area contributed by atoms with Crippen LogP contribution in [0.2, 0.25) is 0 Å². The van der Waals surface area contributed by atoms with Gasteiger partial charge >= 0.3 is 10.2 Å². The summed E-state index contributed by atoms with van der Waals surface area (Å²) < 4.78 is 50.5. The van der Waals surface area contributed by atoms with Crippen LogP contribution in [0.5, 0.6) is 0 Å². The van der Waals surface area contributed by atoms with Crippen LogP contribution < -0.4 is 15.8 Å². The van der Waals surface area contributed by atoms with E-state index in [0.717, 1.165) is 21.5 Å². The molecular weight excluding hydrogens is 525 g/mol. The monoisotopic (exact) mass is 555 g/mol. The van der Waals surface area contributed by atoms with Crippen LogP contribution in [0.15, 0.2) is 42.6 Å². The van der Waals surface area contributed by atoms with E-state index < -0.39 is 10.2 Å². The van der Waals surface area contributed by atoms with Crippen LogP contribution in [0.3, 0.4) is 0 Å². The first kappa shape index (κ1) is 26.7. The fraction of sp³-hybridized carbons (Fsp3) is 0.360. The summed E-state index contributed by atoms with van der Waals surface area (Å²) in [4.78, 5) is 13.3. The van der Waals surface area contributed by atoms with Crippen LogP contribution in [0.25, 0.3) is 22.6 Å². The molecule has 0 saturated carbocycles. The van der Waals surface area contributed by atoms with Crippen molar-refractivity contribution in [3.8, 4) is 11.5 Å². The van der Waals surface area contributed by atoms with Gasteiger partial charge in [0, 0.05) is 32.5 Å². The average Bonchev–Trinajstić information content (AvgIpc) is 3.28. The average molecular weight is 556 g/mol. The molecule has 0 radical (unpaired) electrons. The van der Waals surface area contributed by atoms with Crippen molar-refractivity contribution in [1.29, 1.82) is 0 Å². The Morgan fingerprint density at radius 1 is 1.10 bits per heavy atom. The van der Waals surface area contributed by atoms with Crippen molar-refractivity contribution in [2.75, 3.05) is 43.0 Å². The van der Waals surface area contributed by atoms with Gasteiger partial charge in [0.05, 0.1) is 24.6 Å². The molecule has 4 N–H and O–H groups in total. The number of nitrogens with two attached hydrogens (primary N) is 2. The molecule has 14 heteroatoms. The third kappa shape index (κ3) is 5.22. The molecule has 3 aromatic heterocycles. The summed E-state index contributed by atoms with van der Waals surface area (Å²) in [5, 5.41) is 5.22. The van der Waals surface area contributed by atoms with Gasteiger partial charge in [0.15, 0.2) is 23.1 Å². The molecule has 0 aliphatic carbocycles. The lowest BCUT2D eigenvalue weighted by atomic mass is 10.1. The van der Waals surface area contributed by atoms with E-state index in [4.69, 9.17) is 16.2 Å². The number of benzene rings is 1. The molecule has 0 spiro atoms. The number of aromatic nitrogens is 5. The van der Waals surface area contributed by atoms with Crippen molar-refractivity contribution >= 4 is 38.6 Å². The van der Waals surface area contributed by atoms with Crippen molar-refractivity contribution in [2.45, 2.75) is 31.9 Å². The highest BCUT2D eigenvalue weighted by atomic mass is 32.2. The van der Waals surface area contributed by atoms with Gasteiger partial charge in [-0.3, -0.25) is 0 Å². The molecule has 1 aliphatic heterocycles. The Morgan fingerprint density at radius 2 is 1.85 bits per heavy atom. The first-order valence-electron chi connectivity index (χ1n) is 12.5. The first-order chi connectivity index (χ1) is 18.7. The molecule has 4 heterocycles. The largest absolute Gasteiger partial charge is 0.382 e. The Labute approximate surface area is 225 Å². The smallest absolute Gasteiger partial charge is 0.303 e. The molecule has 1 saturated heterocycles. The minimum absolute atomic E-state index is 0.0156. The predicted molar refractivity (Wildman–Crippen MR) is 146 cm³/mol. The molecular formula is C25H30FN9O3S. The van der Waals surface area contributed by atoms with Gasteiger partial charge in [0.2, 0.25) is 0 Å². The minimum Gasteiger partial charge on any atom is -0.382 e. The van der Waals surface area contributed by atoms with Gasteiger partial charge < -0.3 is 16.2 Å². The lowest BCUT2D eigenvalue weighted by Crippen LogP contribution is -2.46. The van der Waals surface area contributed by atoms with Gasteiger partial charge in [0.1, 0.15) is 17.2 Å². The zero-order valence-electron chi connectivity index (χ0n) is 21.7. The van der Waals surface area contributed by atoms with Crippen molar-refractivity contribution in [1.82, 2.24) is 29.0 Å². The summed E-state index contributed by atoms with van der Waals surface area (Å²) >= 11 is 0. The number of anilines is 3. The Bertz CT molecular complexity index is 1580. The van der Waals surface area contributed by atoms with Crippen LogP contribution in [0, 0.1) is 5.82 Å². The van der Waals surface area contributed by atoms with Crippen molar-refractivity contribution < 1.29 is 17.5 Å². The van der Waals surface area contributed by atoms with Gasteiger partial charge in [-0.05, 0) is 37.5 Å². The van der Waals surface area contributed by atoms with E-state index in [2.05, 4.69) is 20.1 Å². The fourth-order valence-corrected chi connectivity index (χ4v) is 5.73. The van der Waals surface area contributed by atoms with Gasteiger partial charge in [-0.15, -0.1) is 0 Å². The summed E-state index contributed by atoms with van der Waals surface area (Å²) in [7, 11) is -1.15. The molecule has 39 heavy (non-hydrogen) atoms.